The van der Waals surface area contributed by atoms with Crippen LogP contribution in [-0.2, 0) is 14.3 Å². The fraction of sp³-hybridized carbons (Fsp3) is 0.500. The molecule has 1 amide bonds. The van der Waals surface area contributed by atoms with Gasteiger partial charge in [0.1, 0.15) is 13.2 Å². The third-order valence-corrected chi connectivity index (χ3v) is 3.48. The van der Waals surface area contributed by atoms with Gasteiger partial charge in [0.15, 0.2) is 11.5 Å². The van der Waals surface area contributed by atoms with E-state index in [-0.39, 0.29) is 5.91 Å². The second-order valence-corrected chi connectivity index (χ2v) is 5.44. The minimum absolute atomic E-state index is 0.0774. The standard InChI is InChI=1S/C18H25NO5/c1-15(2)18(20)19-7-9-21-11-13-23-16-5-3-4-6-17(16)24-14-12-22-10-8-19/h3-6H,1,7-14H2,2H3. The van der Waals surface area contributed by atoms with E-state index in [4.69, 9.17) is 18.9 Å². The molecule has 0 unspecified atom stereocenters. The first-order valence-electron chi connectivity index (χ1n) is 8.13. The number of benzene rings is 1. The molecular formula is C18H25NO5. The van der Waals surface area contributed by atoms with Crippen molar-refractivity contribution in [1.29, 1.82) is 0 Å². The van der Waals surface area contributed by atoms with E-state index < -0.39 is 0 Å². The van der Waals surface area contributed by atoms with Crippen molar-refractivity contribution >= 4 is 5.91 Å². The van der Waals surface area contributed by atoms with Gasteiger partial charge < -0.3 is 23.8 Å². The van der Waals surface area contributed by atoms with E-state index in [2.05, 4.69) is 6.58 Å². The van der Waals surface area contributed by atoms with Gasteiger partial charge in [0.05, 0.1) is 26.4 Å². The number of carbonyl (C=O) groups is 1. The van der Waals surface area contributed by atoms with Crippen molar-refractivity contribution in [3.63, 3.8) is 0 Å². The van der Waals surface area contributed by atoms with Crippen LogP contribution in [0.15, 0.2) is 36.4 Å². The lowest BCUT2D eigenvalue weighted by atomic mass is 10.3. The van der Waals surface area contributed by atoms with Crippen LogP contribution < -0.4 is 9.47 Å². The summed E-state index contributed by atoms with van der Waals surface area (Å²) in [6.07, 6.45) is 0. The minimum Gasteiger partial charge on any atom is -0.487 e. The molecule has 0 saturated carbocycles. The molecule has 0 aromatic heterocycles. The molecule has 0 radical (unpaired) electrons. The molecule has 0 aliphatic carbocycles. The topological polar surface area (TPSA) is 57.2 Å². The molecule has 24 heavy (non-hydrogen) atoms. The summed E-state index contributed by atoms with van der Waals surface area (Å²) in [5.41, 5.74) is 0.509. The van der Waals surface area contributed by atoms with Crippen molar-refractivity contribution < 1.29 is 23.7 Å². The fourth-order valence-electron chi connectivity index (χ4n) is 2.25. The zero-order valence-electron chi connectivity index (χ0n) is 14.2. The Hall–Kier alpha value is -2.05. The summed E-state index contributed by atoms with van der Waals surface area (Å²) in [5, 5.41) is 0. The Kier molecular flexibility index (Phi) is 7.58. The smallest absolute Gasteiger partial charge is 0.249 e. The Morgan fingerprint density at radius 1 is 0.917 bits per heavy atom. The number of fused-ring (bicyclic) bond motifs is 1. The summed E-state index contributed by atoms with van der Waals surface area (Å²) >= 11 is 0. The van der Waals surface area contributed by atoms with E-state index >= 15 is 0 Å². The fourth-order valence-corrected chi connectivity index (χ4v) is 2.25. The third kappa shape index (κ3) is 5.86. The average Bonchev–Trinajstić information content (AvgIpc) is 2.59. The maximum Gasteiger partial charge on any atom is 0.249 e. The van der Waals surface area contributed by atoms with E-state index in [0.717, 1.165) is 0 Å². The predicted octanol–water partition coefficient (Wildman–Crippen LogP) is 1.90. The highest BCUT2D eigenvalue weighted by Gasteiger charge is 2.14. The Balaban J connectivity index is 1.92. The van der Waals surface area contributed by atoms with Gasteiger partial charge in [-0.05, 0) is 19.1 Å². The van der Waals surface area contributed by atoms with Crippen LogP contribution >= 0.6 is 0 Å². The summed E-state index contributed by atoms with van der Waals surface area (Å²) in [7, 11) is 0. The van der Waals surface area contributed by atoms with Crippen LogP contribution in [0.5, 0.6) is 11.5 Å². The van der Waals surface area contributed by atoms with Crippen molar-refractivity contribution in [1.82, 2.24) is 4.90 Å². The lowest BCUT2D eigenvalue weighted by Crippen LogP contribution is -2.37. The lowest BCUT2D eigenvalue weighted by Gasteiger charge is -2.22. The number of hydrogen-bond acceptors (Lipinski definition) is 5. The number of hydrogen-bond donors (Lipinski definition) is 0. The normalized spacial score (nSPS) is 17.5. The molecule has 0 fully saturated rings. The zero-order chi connectivity index (χ0) is 17.2. The van der Waals surface area contributed by atoms with Crippen LogP contribution in [-0.4, -0.2) is 63.5 Å². The molecule has 0 spiro atoms. The molecule has 132 valence electrons. The van der Waals surface area contributed by atoms with Crippen LogP contribution in [0.1, 0.15) is 6.92 Å². The van der Waals surface area contributed by atoms with E-state index in [9.17, 15) is 4.79 Å². The maximum atomic E-state index is 12.1. The highest BCUT2D eigenvalue weighted by atomic mass is 16.6. The predicted molar refractivity (Wildman–Crippen MR) is 90.5 cm³/mol. The van der Waals surface area contributed by atoms with Gasteiger partial charge >= 0.3 is 0 Å². The number of amides is 1. The molecule has 1 aliphatic heterocycles. The van der Waals surface area contributed by atoms with Gasteiger partial charge in [-0.2, -0.15) is 0 Å². The van der Waals surface area contributed by atoms with Gasteiger partial charge in [-0.1, -0.05) is 18.7 Å². The van der Waals surface area contributed by atoms with Gasteiger partial charge in [-0.25, -0.2) is 0 Å². The molecule has 0 atom stereocenters. The van der Waals surface area contributed by atoms with Crippen molar-refractivity contribution in [2.45, 2.75) is 6.92 Å². The molecule has 1 aliphatic rings. The Morgan fingerprint density at radius 3 is 1.88 bits per heavy atom. The molecule has 6 heteroatoms. The molecule has 0 N–H and O–H groups in total. The Morgan fingerprint density at radius 2 is 1.42 bits per heavy atom. The highest BCUT2D eigenvalue weighted by molar-refractivity contribution is 5.92. The van der Waals surface area contributed by atoms with Gasteiger partial charge in [0.2, 0.25) is 5.91 Å². The summed E-state index contributed by atoms with van der Waals surface area (Å²) < 4.78 is 22.5. The SMILES string of the molecule is C=C(C)C(=O)N1CCOCCOc2ccccc2OCCOCC1. The number of rotatable bonds is 1. The molecule has 6 nitrogen and oxygen atoms in total. The highest BCUT2D eigenvalue weighted by Crippen LogP contribution is 2.26. The molecule has 1 aromatic carbocycles. The quantitative estimate of drug-likeness (QED) is 0.734. The number of para-hydroxylation sites is 2. The van der Waals surface area contributed by atoms with Gasteiger partial charge in [-0.3, -0.25) is 4.79 Å². The van der Waals surface area contributed by atoms with E-state index in [1.54, 1.807) is 11.8 Å². The van der Waals surface area contributed by atoms with Gasteiger partial charge in [0.25, 0.3) is 0 Å². The molecule has 1 aromatic rings. The maximum absolute atomic E-state index is 12.1. The monoisotopic (exact) mass is 335 g/mol. The van der Waals surface area contributed by atoms with Crippen LogP contribution in [0.2, 0.25) is 0 Å². The summed E-state index contributed by atoms with van der Waals surface area (Å²) in [6, 6.07) is 7.52. The second-order valence-electron chi connectivity index (χ2n) is 5.44. The van der Waals surface area contributed by atoms with Crippen molar-refractivity contribution in [2.24, 2.45) is 0 Å². The molecular weight excluding hydrogens is 310 g/mol. The van der Waals surface area contributed by atoms with Crippen molar-refractivity contribution in [3.8, 4) is 11.5 Å². The largest absolute Gasteiger partial charge is 0.487 e. The summed E-state index contributed by atoms with van der Waals surface area (Å²) in [6.45, 7) is 9.04. The lowest BCUT2D eigenvalue weighted by molar-refractivity contribution is -0.128. The Labute approximate surface area is 142 Å². The first kappa shape index (κ1) is 18.3. The first-order chi connectivity index (χ1) is 11.7. The van der Waals surface area contributed by atoms with E-state index in [1.165, 1.54) is 0 Å². The third-order valence-electron chi connectivity index (χ3n) is 3.48. The number of carbonyl (C=O) groups excluding carboxylic acids is 1. The molecule has 0 bridgehead atoms. The Bertz CT molecular complexity index is 511. The van der Waals surface area contributed by atoms with E-state index in [0.29, 0.717) is 69.8 Å². The second kappa shape index (κ2) is 9.95. The first-order valence-corrected chi connectivity index (χ1v) is 8.13. The number of ether oxygens (including phenoxy) is 4. The van der Waals surface area contributed by atoms with E-state index in [1.807, 2.05) is 24.3 Å². The average molecular weight is 335 g/mol. The van der Waals surface area contributed by atoms with Crippen LogP contribution in [0.25, 0.3) is 0 Å². The van der Waals surface area contributed by atoms with Crippen LogP contribution in [0.4, 0.5) is 0 Å². The van der Waals surface area contributed by atoms with Crippen molar-refractivity contribution in [3.05, 3.63) is 36.4 Å². The zero-order valence-corrected chi connectivity index (χ0v) is 14.2. The number of nitrogens with zero attached hydrogens (tertiary/aromatic N) is 1. The summed E-state index contributed by atoms with van der Waals surface area (Å²) in [4.78, 5) is 13.8. The van der Waals surface area contributed by atoms with Gasteiger partial charge in [-0.15, -0.1) is 0 Å². The van der Waals surface area contributed by atoms with Crippen LogP contribution in [0.3, 0.4) is 0 Å². The van der Waals surface area contributed by atoms with Crippen molar-refractivity contribution in [2.75, 3.05) is 52.7 Å². The minimum atomic E-state index is -0.0774. The molecule has 0 saturated heterocycles. The van der Waals surface area contributed by atoms with Gasteiger partial charge in [0, 0.05) is 18.7 Å². The molecule has 2 rings (SSSR count). The summed E-state index contributed by atoms with van der Waals surface area (Å²) in [5.74, 6) is 1.30. The van der Waals surface area contributed by atoms with Crippen LogP contribution in [0, 0.1) is 0 Å². The molecule has 1 heterocycles.